The summed E-state index contributed by atoms with van der Waals surface area (Å²) in [7, 11) is 0. The predicted molar refractivity (Wildman–Crippen MR) is 71.7 cm³/mol. The van der Waals surface area contributed by atoms with Gasteiger partial charge >= 0.3 is 0 Å². The zero-order valence-corrected chi connectivity index (χ0v) is 10.9. The lowest BCUT2D eigenvalue weighted by Crippen LogP contribution is -2.33. The number of nitrogens with zero attached hydrogens (tertiary/aromatic N) is 3. The van der Waals surface area contributed by atoms with Gasteiger partial charge in [-0.2, -0.15) is 0 Å². The van der Waals surface area contributed by atoms with Crippen LogP contribution in [-0.4, -0.2) is 14.9 Å². The molecule has 0 amide bonds. The van der Waals surface area contributed by atoms with Crippen LogP contribution in [0.3, 0.4) is 0 Å². The van der Waals surface area contributed by atoms with Gasteiger partial charge in [0.2, 0.25) is 0 Å². The van der Waals surface area contributed by atoms with Crippen molar-refractivity contribution in [2.45, 2.75) is 31.2 Å². The first-order valence-electron chi connectivity index (χ1n) is 6.19. The molecule has 0 bridgehead atoms. The molecule has 1 aliphatic rings. The Morgan fingerprint density at radius 1 is 1.32 bits per heavy atom. The van der Waals surface area contributed by atoms with E-state index in [0.717, 1.165) is 18.2 Å². The van der Waals surface area contributed by atoms with Gasteiger partial charge in [0.1, 0.15) is 10.8 Å². The van der Waals surface area contributed by atoms with Crippen LogP contribution in [0.25, 0.3) is 10.9 Å². The van der Waals surface area contributed by atoms with Gasteiger partial charge in [0.15, 0.2) is 0 Å². The first-order chi connectivity index (χ1) is 9.12. The van der Waals surface area contributed by atoms with Crippen LogP contribution in [0.1, 0.15) is 31.4 Å². The maximum atomic E-state index is 11.4. The van der Waals surface area contributed by atoms with E-state index in [-0.39, 0.29) is 4.92 Å². The summed E-state index contributed by atoms with van der Waals surface area (Å²) >= 11 is 5.82. The summed E-state index contributed by atoms with van der Waals surface area (Å²) in [5.74, 6) is 0. The van der Waals surface area contributed by atoms with Crippen LogP contribution in [-0.2, 0) is 5.54 Å². The minimum absolute atomic E-state index is 0.183. The molecule has 2 aromatic heterocycles. The Hall–Kier alpha value is -1.75. The van der Waals surface area contributed by atoms with Gasteiger partial charge in [-0.3, -0.25) is 10.1 Å². The van der Waals surface area contributed by atoms with Crippen molar-refractivity contribution in [1.82, 2.24) is 9.97 Å². The molecule has 0 unspecified atom stereocenters. The zero-order chi connectivity index (χ0) is 13.5. The molecule has 0 atom stereocenters. The average Bonchev–Trinajstić information content (AvgIpc) is 2.88. The first-order valence-corrected chi connectivity index (χ1v) is 6.57. The van der Waals surface area contributed by atoms with E-state index < -0.39 is 5.54 Å². The van der Waals surface area contributed by atoms with Gasteiger partial charge in [-0.25, -0.2) is 9.97 Å². The second-order valence-electron chi connectivity index (χ2n) is 4.89. The molecule has 0 spiro atoms. The van der Waals surface area contributed by atoms with Gasteiger partial charge in [0.25, 0.3) is 5.54 Å². The second kappa shape index (κ2) is 4.42. The van der Waals surface area contributed by atoms with Crippen LogP contribution in [0, 0.1) is 10.1 Å². The topological polar surface area (TPSA) is 68.9 Å². The molecule has 0 saturated heterocycles. The smallest absolute Gasteiger partial charge is 0.263 e. The van der Waals surface area contributed by atoms with E-state index >= 15 is 0 Å². The molecule has 19 heavy (non-hydrogen) atoms. The second-order valence-corrected chi connectivity index (χ2v) is 5.28. The summed E-state index contributed by atoms with van der Waals surface area (Å²) in [5, 5.41) is 12.7. The van der Waals surface area contributed by atoms with Crippen molar-refractivity contribution in [2.24, 2.45) is 0 Å². The van der Waals surface area contributed by atoms with Crippen molar-refractivity contribution in [1.29, 1.82) is 0 Å². The van der Waals surface area contributed by atoms with Gasteiger partial charge in [-0.15, -0.1) is 0 Å². The summed E-state index contributed by atoms with van der Waals surface area (Å²) in [4.78, 5) is 19.7. The van der Waals surface area contributed by atoms with Gasteiger partial charge in [0, 0.05) is 23.2 Å². The molecule has 5 nitrogen and oxygen atoms in total. The van der Waals surface area contributed by atoms with Crippen LogP contribution in [0.4, 0.5) is 0 Å². The van der Waals surface area contributed by atoms with E-state index in [9.17, 15) is 10.1 Å². The van der Waals surface area contributed by atoms with Gasteiger partial charge < -0.3 is 0 Å². The summed E-state index contributed by atoms with van der Waals surface area (Å²) in [6, 6.07) is 5.28. The number of hydrogen-bond donors (Lipinski definition) is 0. The fourth-order valence-corrected chi connectivity index (χ4v) is 2.92. The number of pyridine rings is 2. The van der Waals surface area contributed by atoms with Crippen molar-refractivity contribution in [3.63, 3.8) is 0 Å². The van der Waals surface area contributed by atoms with Crippen LogP contribution >= 0.6 is 11.6 Å². The van der Waals surface area contributed by atoms with Gasteiger partial charge in [-0.1, -0.05) is 17.7 Å². The molecular formula is C13H12ClN3O2. The molecular weight excluding hydrogens is 266 g/mol. The maximum absolute atomic E-state index is 11.4. The fraction of sp³-hybridized carbons (Fsp3) is 0.385. The Morgan fingerprint density at radius 2 is 2.05 bits per heavy atom. The summed E-state index contributed by atoms with van der Waals surface area (Å²) in [6.45, 7) is 0. The lowest BCUT2D eigenvalue weighted by Gasteiger charge is -2.19. The van der Waals surface area contributed by atoms with E-state index in [0.29, 0.717) is 29.2 Å². The Morgan fingerprint density at radius 3 is 2.74 bits per heavy atom. The van der Waals surface area contributed by atoms with Crippen molar-refractivity contribution >= 4 is 22.5 Å². The normalized spacial score (nSPS) is 17.7. The molecule has 1 aliphatic carbocycles. The Balaban J connectivity index is 2.14. The van der Waals surface area contributed by atoms with Crippen molar-refractivity contribution < 1.29 is 4.92 Å². The van der Waals surface area contributed by atoms with Crippen LogP contribution < -0.4 is 0 Å². The molecule has 0 aliphatic heterocycles. The van der Waals surface area contributed by atoms with Gasteiger partial charge in [0.05, 0.1) is 11.7 Å². The highest BCUT2D eigenvalue weighted by atomic mass is 35.5. The fourth-order valence-electron chi connectivity index (χ4n) is 2.75. The third-order valence-electron chi connectivity index (χ3n) is 3.80. The Labute approximate surface area is 114 Å². The highest BCUT2D eigenvalue weighted by Gasteiger charge is 2.48. The molecule has 0 radical (unpaired) electrons. The summed E-state index contributed by atoms with van der Waals surface area (Å²) in [5.41, 5.74) is 0.162. The molecule has 98 valence electrons. The molecule has 2 aromatic rings. The minimum Gasteiger partial charge on any atom is -0.264 e. The molecule has 3 rings (SSSR count). The van der Waals surface area contributed by atoms with Crippen molar-refractivity contribution in [3.8, 4) is 0 Å². The molecule has 0 N–H and O–H groups in total. The van der Waals surface area contributed by atoms with E-state index in [1.165, 1.54) is 0 Å². The first kappa shape index (κ1) is 12.3. The lowest BCUT2D eigenvalue weighted by molar-refractivity contribution is -0.578. The molecule has 6 heteroatoms. The highest BCUT2D eigenvalue weighted by Crippen LogP contribution is 2.41. The maximum Gasteiger partial charge on any atom is 0.263 e. The monoisotopic (exact) mass is 277 g/mol. The van der Waals surface area contributed by atoms with E-state index in [2.05, 4.69) is 9.97 Å². The lowest BCUT2D eigenvalue weighted by atomic mass is 9.93. The third kappa shape index (κ3) is 1.94. The highest BCUT2D eigenvalue weighted by molar-refractivity contribution is 6.30. The summed E-state index contributed by atoms with van der Waals surface area (Å²) < 4.78 is 0. The van der Waals surface area contributed by atoms with E-state index in [1.807, 2.05) is 6.07 Å². The quantitative estimate of drug-likeness (QED) is 0.480. The average molecular weight is 278 g/mol. The Bertz CT molecular complexity index is 653. The van der Waals surface area contributed by atoms with Gasteiger partial charge in [-0.05, 0) is 25.0 Å². The number of hydrogen-bond acceptors (Lipinski definition) is 4. The molecule has 2 heterocycles. The third-order valence-corrected chi connectivity index (χ3v) is 4.01. The van der Waals surface area contributed by atoms with Crippen molar-refractivity contribution in [3.05, 3.63) is 45.4 Å². The predicted octanol–water partition coefficient (Wildman–Crippen LogP) is 3.33. The van der Waals surface area contributed by atoms with Crippen LogP contribution in [0.2, 0.25) is 5.15 Å². The van der Waals surface area contributed by atoms with E-state index in [1.54, 1.807) is 18.3 Å². The number of fused-ring (bicyclic) bond motifs is 1. The summed E-state index contributed by atoms with van der Waals surface area (Å²) in [6.07, 6.45) is 4.42. The SMILES string of the molecule is O=[N+]([O-])C1(c2ccc3cc(Cl)ncc3n2)CCCC1. The Kier molecular flexibility index (Phi) is 2.86. The number of nitro groups is 1. The molecule has 1 saturated carbocycles. The molecule has 0 aromatic carbocycles. The van der Waals surface area contributed by atoms with Crippen molar-refractivity contribution in [2.75, 3.05) is 0 Å². The van der Waals surface area contributed by atoms with Crippen LogP contribution in [0.5, 0.6) is 0 Å². The van der Waals surface area contributed by atoms with E-state index in [4.69, 9.17) is 11.6 Å². The number of aromatic nitrogens is 2. The largest absolute Gasteiger partial charge is 0.264 e. The van der Waals surface area contributed by atoms with Crippen LogP contribution in [0.15, 0.2) is 24.4 Å². The zero-order valence-electron chi connectivity index (χ0n) is 10.2. The minimum atomic E-state index is -1.02. The molecule has 1 fully saturated rings. The number of halogens is 1. The standard InChI is InChI=1S/C13H12ClN3O2/c14-12-7-9-3-4-11(16-10(9)8-15-12)13(17(18)19)5-1-2-6-13/h3-4,7-8H,1-2,5-6H2. The number of rotatable bonds is 2.